The monoisotopic (exact) mass is 415 g/mol. The molecule has 4 rings (SSSR count). The fourth-order valence-electron chi connectivity index (χ4n) is 4.23. The molecule has 7 nitrogen and oxygen atoms in total. The van der Waals surface area contributed by atoms with E-state index in [1.165, 1.54) is 11.1 Å². The first-order valence-corrected chi connectivity index (χ1v) is 10.7. The number of aromatic nitrogens is 3. The van der Waals surface area contributed by atoms with Crippen LogP contribution >= 0.6 is 12.2 Å². The molecule has 0 spiro atoms. The molecule has 8 heteroatoms. The van der Waals surface area contributed by atoms with Crippen LogP contribution in [0.2, 0.25) is 0 Å². The quantitative estimate of drug-likeness (QED) is 0.719. The second kappa shape index (κ2) is 8.77. The maximum absolute atomic E-state index is 12.7. The number of carbonyl (C=O) groups excluding carboxylic acids is 1. The number of piperidine rings is 1. The number of rotatable bonds is 4. The first kappa shape index (κ1) is 20.3. The van der Waals surface area contributed by atoms with Crippen molar-refractivity contribution in [1.29, 1.82) is 0 Å². The molecule has 0 saturated carbocycles. The SMILES string of the molecule is Cc1ccc(-n2cnn(CN3CCC(C(=O)N4CCOCC4)CC3)c2=S)c(C)c1. The van der Waals surface area contributed by atoms with Crippen LogP contribution in [0.1, 0.15) is 24.0 Å². The molecular formula is C21H29N5O2S. The van der Waals surface area contributed by atoms with Gasteiger partial charge in [0.15, 0.2) is 0 Å². The molecular weight excluding hydrogens is 386 g/mol. The zero-order chi connectivity index (χ0) is 20.4. The number of morpholine rings is 1. The lowest BCUT2D eigenvalue weighted by Crippen LogP contribution is -2.47. The zero-order valence-corrected chi connectivity index (χ0v) is 18.0. The summed E-state index contributed by atoms with van der Waals surface area (Å²) in [6.07, 6.45) is 3.58. The lowest BCUT2D eigenvalue weighted by atomic mass is 9.95. The van der Waals surface area contributed by atoms with Crippen molar-refractivity contribution in [1.82, 2.24) is 24.1 Å². The molecule has 0 radical (unpaired) electrons. The van der Waals surface area contributed by atoms with E-state index in [1.54, 1.807) is 6.33 Å². The van der Waals surface area contributed by atoms with Gasteiger partial charge in [-0.3, -0.25) is 14.3 Å². The summed E-state index contributed by atoms with van der Waals surface area (Å²) in [6.45, 7) is 9.39. The average molecular weight is 416 g/mol. The molecule has 0 atom stereocenters. The fourth-order valence-corrected chi connectivity index (χ4v) is 4.48. The molecule has 156 valence electrons. The Labute approximate surface area is 176 Å². The maximum Gasteiger partial charge on any atom is 0.225 e. The van der Waals surface area contributed by atoms with E-state index in [-0.39, 0.29) is 5.92 Å². The van der Waals surface area contributed by atoms with Crippen LogP contribution in [0.25, 0.3) is 5.69 Å². The van der Waals surface area contributed by atoms with Gasteiger partial charge in [0, 0.05) is 32.1 Å². The maximum atomic E-state index is 12.7. The Bertz CT molecular complexity index is 923. The highest BCUT2D eigenvalue weighted by Crippen LogP contribution is 2.21. The molecule has 0 aliphatic carbocycles. The van der Waals surface area contributed by atoms with Crippen LogP contribution in [-0.4, -0.2) is 69.4 Å². The molecule has 0 bridgehead atoms. The van der Waals surface area contributed by atoms with Gasteiger partial charge < -0.3 is 9.64 Å². The Balaban J connectivity index is 1.37. The van der Waals surface area contributed by atoms with Gasteiger partial charge >= 0.3 is 0 Å². The highest BCUT2D eigenvalue weighted by atomic mass is 32.1. The molecule has 1 amide bonds. The summed E-state index contributed by atoms with van der Waals surface area (Å²) >= 11 is 5.68. The smallest absolute Gasteiger partial charge is 0.225 e. The molecule has 0 unspecified atom stereocenters. The van der Waals surface area contributed by atoms with Crippen molar-refractivity contribution in [3.05, 3.63) is 40.4 Å². The number of amides is 1. The second-order valence-electron chi connectivity index (χ2n) is 8.04. The van der Waals surface area contributed by atoms with Gasteiger partial charge in [-0.15, -0.1) is 0 Å². The van der Waals surface area contributed by atoms with Crippen LogP contribution in [0.3, 0.4) is 0 Å². The number of ether oxygens (including phenoxy) is 1. The predicted molar refractivity (Wildman–Crippen MR) is 114 cm³/mol. The molecule has 2 aromatic rings. The molecule has 29 heavy (non-hydrogen) atoms. The van der Waals surface area contributed by atoms with Crippen LogP contribution < -0.4 is 0 Å². The number of hydrogen-bond donors (Lipinski definition) is 0. The Hall–Kier alpha value is -2.03. The number of hydrogen-bond acceptors (Lipinski definition) is 5. The highest BCUT2D eigenvalue weighted by molar-refractivity contribution is 7.71. The Morgan fingerprint density at radius 1 is 1.17 bits per heavy atom. The standard InChI is InChI=1S/C21H29N5O2S/c1-16-3-4-19(17(2)13-16)25-14-22-26(21(25)29)15-23-7-5-18(6-8-23)20(27)24-9-11-28-12-10-24/h3-4,13-14,18H,5-12,15H2,1-2H3. The Morgan fingerprint density at radius 2 is 1.90 bits per heavy atom. The van der Waals surface area contributed by atoms with E-state index < -0.39 is 0 Å². The van der Waals surface area contributed by atoms with Gasteiger partial charge in [-0.05, 0) is 50.5 Å². The van der Waals surface area contributed by atoms with Gasteiger partial charge in [-0.25, -0.2) is 4.68 Å². The van der Waals surface area contributed by atoms with Gasteiger partial charge in [0.1, 0.15) is 6.33 Å². The molecule has 1 aromatic heterocycles. The topological polar surface area (TPSA) is 55.5 Å². The van der Waals surface area contributed by atoms with E-state index in [2.05, 4.69) is 42.0 Å². The average Bonchev–Trinajstić information content (AvgIpc) is 3.09. The van der Waals surface area contributed by atoms with Crippen molar-refractivity contribution < 1.29 is 9.53 Å². The van der Waals surface area contributed by atoms with Gasteiger partial charge in [-0.1, -0.05) is 17.7 Å². The highest BCUT2D eigenvalue weighted by Gasteiger charge is 2.29. The predicted octanol–water partition coefficient (Wildman–Crippen LogP) is 2.55. The van der Waals surface area contributed by atoms with Crippen molar-refractivity contribution in [3.63, 3.8) is 0 Å². The van der Waals surface area contributed by atoms with E-state index in [0.29, 0.717) is 30.6 Å². The normalized spacial score (nSPS) is 18.9. The van der Waals surface area contributed by atoms with Crippen molar-refractivity contribution >= 4 is 18.1 Å². The zero-order valence-electron chi connectivity index (χ0n) is 17.2. The summed E-state index contributed by atoms with van der Waals surface area (Å²) in [5.74, 6) is 0.425. The summed E-state index contributed by atoms with van der Waals surface area (Å²) in [5, 5.41) is 4.52. The summed E-state index contributed by atoms with van der Waals surface area (Å²) in [6, 6.07) is 6.34. The molecule has 0 N–H and O–H groups in total. The van der Waals surface area contributed by atoms with E-state index in [4.69, 9.17) is 17.0 Å². The molecule has 2 aliphatic heterocycles. The van der Waals surface area contributed by atoms with E-state index in [1.807, 2.05) is 14.1 Å². The first-order chi connectivity index (χ1) is 14.0. The van der Waals surface area contributed by atoms with Gasteiger partial charge in [0.25, 0.3) is 0 Å². The van der Waals surface area contributed by atoms with Crippen molar-refractivity contribution in [2.24, 2.45) is 5.92 Å². The fraction of sp³-hybridized carbons (Fsp3) is 0.571. The molecule has 2 saturated heterocycles. The minimum atomic E-state index is 0.130. The summed E-state index contributed by atoms with van der Waals surface area (Å²) in [4.78, 5) is 17.0. The number of benzene rings is 1. The third-order valence-corrected chi connectivity index (χ3v) is 6.35. The van der Waals surface area contributed by atoms with Crippen LogP contribution in [0.5, 0.6) is 0 Å². The first-order valence-electron chi connectivity index (χ1n) is 10.3. The van der Waals surface area contributed by atoms with Crippen molar-refractivity contribution in [2.75, 3.05) is 39.4 Å². The Kier molecular flexibility index (Phi) is 6.12. The number of aryl methyl sites for hydroxylation is 2. The minimum absolute atomic E-state index is 0.130. The second-order valence-corrected chi connectivity index (χ2v) is 8.41. The van der Waals surface area contributed by atoms with Crippen LogP contribution in [0.15, 0.2) is 24.5 Å². The van der Waals surface area contributed by atoms with Crippen LogP contribution in [0, 0.1) is 24.5 Å². The minimum Gasteiger partial charge on any atom is -0.378 e. The number of nitrogens with zero attached hydrogens (tertiary/aromatic N) is 5. The largest absolute Gasteiger partial charge is 0.378 e. The third kappa shape index (κ3) is 4.44. The van der Waals surface area contributed by atoms with E-state index in [9.17, 15) is 4.79 Å². The van der Waals surface area contributed by atoms with E-state index >= 15 is 0 Å². The van der Waals surface area contributed by atoms with Gasteiger partial charge in [0.05, 0.1) is 25.6 Å². The lowest BCUT2D eigenvalue weighted by molar-refractivity contribution is -0.141. The van der Waals surface area contributed by atoms with E-state index in [0.717, 1.165) is 44.7 Å². The third-order valence-electron chi connectivity index (χ3n) is 5.94. The molecule has 2 aliphatic rings. The molecule has 3 heterocycles. The van der Waals surface area contributed by atoms with Crippen LogP contribution in [-0.2, 0) is 16.2 Å². The molecule has 1 aromatic carbocycles. The van der Waals surface area contributed by atoms with Crippen LogP contribution in [0.4, 0.5) is 0 Å². The van der Waals surface area contributed by atoms with Crippen molar-refractivity contribution in [3.8, 4) is 5.69 Å². The summed E-state index contributed by atoms with van der Waals surface area (Å²) in [7, 11) is 0. The van der Waals surface area contributed by atoms with Gasteiger partial charge in [-0.2, -0.15) is 5.10 Å². The Morgan fingerprint density at radius 3 is 2.59 bits per heavy atom. The lowest BCUT2D eigenvalue weighted by Gasteiger charge is -2.35. The van der Waals surface area contributed by atoms with Gasteiger partial charge in [0.2, 0.25) is 10.7 Å². The number of carbonyl (C=O) groups is 1. The number of likely N-dealkylation sites (tertiary alicyclic amines) is 1. The van der Waals surface area contributed by atoms with Crippen molar-refractivity contribution in [2.45, 2.75) is 33.4 Å². The summed E-state index contributed by atoms with van der Waals surface area (Å²) < 4.78 is 9.90. The summed E-state index contributed by atoms with van der Waals surface area (Å²) in [5.41, 5.74) is 3.49. The molecule has 2 fully saturated rings.